The fourth-order valence-electron chi connectivity index (χ4n) is 0.473. The van der Waals surface area contributed by atoms with Crippen LogP contribution in [0.15, 0.2) is 0 Å². The van der Waals surface area contributed by atoms with Crippen LogP contribution >= 0.6 is 10.8 Å². The summed E-state index contributed by atoms with van der Waals surface area (Å²) in [6.45, 7) is 1.74. The first-order valence-electron chi connectivity index (χ1n) is 3.10. The molecule has 1 N–H and O–H groups in total. The highest BCUT2D eigenvalue weighted by Gasteiger charge is 2.07. The van der Waals surface area contributed by atoms with E-state index in [1.807, 2.05) is 6.92 Å². The molecule has 0 radical (unpaired) electrons. The molecule has 0 aliphatic carbocycles. The van der Waals surface area contributed by atoms with Crippen molar-refractivity contribution < 1.29 is 13.5 Å². The highest BCUT2D eigenvalue weighted by Crippen LogP contribution is 2.12. The maximum Gasteiger partial charge on any atom is 0.201 e. The van der Waals surface area contributed by atoms with Gasteiger partial charge in [-0.3, -0.25) is 0 Å². The average molecular weight is 184 g/mol. The molecule has 10 heavy (non-hydrogen) atoms. The smallest absolute Gasteiger partial charge is 0.201 e. The molecule has 0 spiro atoms. The van der Waals surface area contributed by atoms with E-state index in [1.165, 1.54) is 0 Å². The molecule has 0 saturated heterocycles. The van der Waals surface area contributed by atoms with E-state index in [0.717, 1.165) is 10.8 Å². The van der Waals surface area contributed by atoms with E-state index in [0.29, 0.717) is 6.42 Å². The van der Waals surface area contributed by atoms with Crippen LogP contribution in [0.1, 0.15) is 13.3 Å². The minimum Gasteiger partial charge on any atom is -0.395 e. The van der Waals surface area contributed by atoms with Crippen LogP contribution in [0, 0.1) is 0 Å². The Morgan fingerprint density at radius 1 is 1.50 bits per heavy atom. The Morgan fingerprint density at radius 3 is 2.50 bits per heavy atom. The van der Waals surface area contributed by atoms with E-state index in [2.05, 4.69) is 0 Å². The summed E-state index contributed by atoms with van der Waals surface area (Å²) in [6, 6.07) is 0. The molecule has 62 valence electrons. The number of hydrogen-bond acceptors (Lipinski definition) is 4. The summed E-state index contributed by atoms with van der Waals surface area (Å²) in [5, 5.41) is 8.31. The van der Waals surface area contributed by atoms with E-state index >= 15 is 0 Å². The van der Waals surface area contributed by atoms with E-state index in [-0.39, 0.29) is 18.1 Å². The average Bonchev–Trinajstić information content (AvgIpc) is 1.84. The molecule has 0 unspecified atom stereocenters. The van der Waals surface area contributed by atoms with Gasteiger partial charge in [0.15, 0.2) is 0 Å². The lowest BCUT2D eigenvalue weighted by Gasteiger charge is -1.97. The Bertz CT molecular complexity index is 162. The van der Waals surface area contributed by atoms with Gasteiger partial charge in [0.05, 0.1) is 12.4 Å². The fourth-order valence-corrected chi connectivity index (χ4v) is 3.26. The number of aliphatic hydroxyl groups excluding tert-OH is 1. The van der Waals surface area contributed by atoms with E-state index in [1.54, 1.807) is 0 Å². The Balaban J connectivity index is 3.65. The molecule has 0 rings (SSSR count). The molecule has 0 bridgehead atoms. The van der Waals surface area contributed by atoms with Gasteiger partial charge in [-0.05, 0) is 17.2 Å². The molecule has 0 saturated carbocycles. The Hall–Kier alpha value is 0.260. The largest absolute Gasteiger partial charge is 0.395 e. The molecule has 0 amide bonds. The maximum absolute atomic E-state index is 10.8. The van der Waals surface area contributed by atoms with Gasteiger partial charge < -0.3 is 5.11 Å². The Labute approximate surface area is 65.1 Å². The van der Waals surface area contributed by atoms with Crippen LogP contribution in [-0.2, 0) is 8.87 Å². The summed E-state index contributed by atoms with van der Waals surface area (Å²) in [5.41, 5.74) is 0. The molecule has 0 aromatic carbocycles. The van der Waals surface area contributed by atoms with E-state index in [9.17, 15) is 8.42 Å². The highest BCUT2D eigenvalue weighted by molar-refractivity contribution is 8.72. The van der Waals surface area contributed by atoms with Crippen LogP contribution < -0.4 is 0 Å². The standard InChI is InChI=1S/C5H12O3S2/c1-2-5-10(7,8)9-4-3-6/h6H,2-5H2,1H3. The van der Waals surface area contributed by atoms with Gasteiger partial charge in [-0.2, -0.15) is 0 Å². The molecular formula is C5H12O3S2. The zero-order chi connectivity index (χ0) is 8.04. The monoisotopic (exact) mass is 184 g/mol. The van der Waals surface area contributed by atoms with Gasteiger partial charge in [-0.15, -0.1) is 0 Å². The molecule has 0 heterocycles. The van der Waals surface area contributed by atoms with Gasteiger partial charge in [0.2, 0.25) is 8.87 Å². The second-order valence-corrected chi connectivity index (χ2v) is 6.21. The minimum atomic E-state index is -2.94. The molecule has 3 nitrogen and oxygen atoms in total. The topological polar surface area (TPSA) is 54.4 Å². The zero-order valence-corrected chi connectivity index (χ0v) is 7.54. The molecule has 0 aromatic heterocycles. The van der Waals surface area contributed by atoms with E-state index < -0.39 is 8.87 Å². The van der Waals surface area contributed by atoms with Crippen molar-refractivity contribution in [2.45, 2.75) is 13.3 Å². The second kappa shape index (κ2) is 4.98. The molecule has 0 aliphatic rings. The zero-order valence-electron chi connectivity index (χ0n) is 5.91. The summed E-state index contributed by atoms with van der Waals surface area (Å²) in [6.07, 6.45) is 0.640. The predicted octanol–water partition coefficient (Wildman–Crippen LogP) is 0.452. The van der Waals surface area contributed by atoms with Crippen LogP contribution in [0.5, 0.6) is 0 Å². The summed E-state index contributed by atoms with van der Waals surface area (Å²) >= 11 is 0. The highest BCUT2D eigenvalue weighted by atomic mass is 33.1. The molecule has 0 aliphatic heterocycles. The van der Waals surface area contributed by atoms with Gasteiger partial charge in [-0.25, -0.2) is 8.42 Å². The lowest BCUT2D eigenvalue weighted by Crippen LogP contribution is -2.01. The fraction of sp³-hybridized carbons (Fsp3) is 1.00. The van der Waals surface area contributed by atoms with Gasteiger partial charge in [0.25, 0.3) is 0 Å². The van der Waals surface area contributed by atoms with Gasteiger partial charge in [0.1, 0.15) is 0 Å². The van der Waals surface area contributed by atoms with Crippen molar-refractivity contribution >= 4 is 19.7 Å². The summed E-state index contributed by atoms with van der Waals surface area (Å²) in [4.78, 5) is 0. The molecule has 0 fully saturated rings. The quantitative estimate of drug-likeness (QED) is 0.630. The number of hydrogen-bond donors (Lipinski definition) is 1. The molecular weight excluding hydrogens is 172 g/mol. The first-order valence-corrected chi connectivity index (χ1v) is 6.26. The van der Waals surface area contributed by atoms with Gasteiger partial charge in [0, 0.05) is 5.75 Å². The van der Waals surface area contributed by atoms with Crippen LogP contribution in [0.25, 0.3) is 0 Å². The molecule has 0 atom stereocenters. The maximum atomic E-state index is 10.8. The predicted molar refractivity (Wildman–Crippen MR) is 43.6 cm³/mol. The Morgan fingerprint density at radius 2 is 2.10 bits per heavy atom. The minimum absolute atomic E-state index is 0.0758. The first-order chi connectivity index (χ1) is 4.62. The third-order valence-electron chi connectivity index (χ3n) is 0.808. The third-order valence-corrected chi connectivity index (χ3v) is 4.50. The summed E-state index contributed by atoms with van der Waals surface area (Å²) in [5.74, 6) is 0.486. The second-order valence-electron chi connectivity index (χ2n) is 1.81. The van der Waals surface area contributed by atoms with Crippen LogP contribution in [0.3, 0.4) is 0 Å². The lowest BCUT2D eigenvalue weighted by molar-refractivity contribution is 0.323. The van der Waals surface area contributed by atoms with Gasteiger partial charge in [-0.1, -0.05) is 6.92 Å². The van der Waals surface area contributed by atoms with Crippen molar-refractivity contribution in [3.05, 3.63) is 0 Å². The summed E-state index contributed by atoms with van der Waals surface area (Å²) < 4.78 is 21.7. The number of aliphatic hydroxyl groups is 1. The first kappa shape index (κ1) is 10.3. The lowest BCUT2D eigenvalue weighted by atomic mass is 10.6. The van der Waals surface area contributed by atoms with Crippen molar-refractivity contribution in [1.82, 2.24) is 0 Å². The normalized spacial score (nSPS) is 11.8. The van der Waals surface area contributed by atoms with Crippen molar-refractivity contribution in [2.24, 2.45) is 0 Å². The van der Waals surface area contributed by atoms with Crippen molar-refractivity contribution in [3.8, 4) is 0 Å². The Kier molecular flexibility index (Phi) is 5.11. The van der Waals surface area contributed by atoms with Crippen LogP contribution in [0.2, 0.25) is 0 Å². The van der Waals surface area contributed by atoms with Crippen LogP contribution in [0.4, 0.5) is 0 Å². The van der Waals surface area contributed by atoms with Crippen molar-refractivity contribution in [1.29, 1.82) is 0 Å². The van der Waals surface area contributed by atoms with Crippen LogP contribution in [-0.4, -0.2) is 31.6 Å². The third kappa shape index (κ3) is 5.08. The SMILES string of the molecule is CCCS(=O)(=O)SCCO. The molecule has 5 heteroatoms. The molecule has 0 aromatic rings. The van der Waals surface area contributed by atoms with Crippen molar-refractivity contribution in [2.75, 3.05) is 18.1 Å². The summed E-state index contributed by atoms with van der Waals surface area (Å²) in [7, 11) is -2.11. The van der Waals surface area contributed by atoms with Crippen molar-refractivity contribution in [3.63, 3.8) is 0 Å². The number of rotatable bonds is 5. The van der Waals surface area contributed by atoms with E-state index in [4.69, 9.17) is 5.11 Å². The van der Waals surface area contributed by atoms with Gasteiger partial charge >= 0.3 is 0 Å².